The average molecular weight is 363 g/mol. The molecule has 0 heterocycles. The molecule has 3 fully saturated rings. The molecule has 0 heteroatoms. The van der Waals surface area contributed by atoms with Gasteiger partial charge >= 0.3 is 0 Å². The van der Waals surface area contributed by atoms with Crippen molar-refractivity contribution < 1.29 is 0 Å². The van der Waals surface area contributed by atoms with Gasteiger partial charge in [0.25, 0.3) is 0 Å². The Morgan fingerprint density at radius 2 is 1.50 bits per heavy atom. The van der Waals surface area contributed by atoms with Crippen LogP contribution in [0.15, 0.2) is 0 Å². The summed E-state index contributed by atoms with van der Waals surface area (Å²) < 4.78 is 0. The molecular weight excluding hydrogens is 312 g/mol. The summed E-state index contributed by atoms with van der Waals surface area (Å²) in [6.07, 6.45) is 17.9. The summed E-state index contributed by atoms with van der Waals surface area (Å²) in [7, 11) is 0. The summed E-state index contributed by atoms with van der Waals surface area (Å²) in [6, 6.07) is 0. The van der Waals surface area contributed by atoms with Crippen LogP contribution in [0, 0.1) is 40.4 Å². The molecular formula is C26H50. The number of hydrogen-bond donors (Lipinski definition) is 0. The van der Waals surface area contributed by atoms with Crippen LogP contribution in [0.2, 0.25) is 0 Å². The number of hydrogen-bond acceptors (Lipinski definition) is 0. The molecule has 7 unspecified atom stereocenters. The lowest BCUT2D eigenvalue weighted by Crippen LogP contribution is -2.51. The molecule has 26 heavy (non-hydrogen) atoms. The normalized spacial score (nSPS) is 44.7. The summed E-state index contributed by atoms with van der Waals surface area (Å²) in [4.78, 5) is 0. The van der Waals surface area contributed by atoms with E-state index in [1.165, 1.54) is 44.9 Å². The van der Waals surface area contributed by atoms with E-state index >= 15 is 0 Å². The minimum absolute atomic E-state index is 0.641. The van der Waals surface area contributed by atoms with E-state index in [-0.39, 0.29) is 0 Å². The topological polar surface area (TPSA) is 0 Å². The predicted octanol–water partition coefficient (Wildman–Crippen LogP) is 8.89. The van der Waals surface area contributed by atoms with Crippen molar-refractivity contribution in [3.8, 4) is 0 Å². The smallest absolute Gasteiger partial charge is 0.0266 e. The maximum absolute atomic E-state index is 2.71. The van der Waals surface area contributed by atoms with Crippen LogP contribution in [-0.4, -0.2) is 0 Å². The van der Waals surface area contributed by atoms with Crippen molar-refractivity contribution in [2.75, 3.05) is 0 Å². The zero-order valence-corrected chi connectivity index (χ0v) is 19.4. The monoisotopic (exact) mass is 362 g/mol. The third-order valence-electron chi connectivity index (χ3n) is 9.51. The summed E-state index contributed by atoms with van der Waals surface area (Å²) in [6.45, 7) is 16.7. The van der Waals surface area contributed by atoms with Crippen LogP contribution in [0.1, 0.15) is 126 Å². The van der Waals surface area contributed by atoms with E-state index < -0.39 is 0 Å². The molecule has 0 N–H and O–H groups in total. The summed E-state index contributed by atoms with van der Waals surface area (Å²) >= 11 is 0. The van der Waals surface area contributed by atoms with Gasteiger partial charge in [0.2, 0.25) is 0 Å². The quantitative estimate of drug-likeness (QED) is 0.442. The van der Waals surface area contributed by atoms with Gasteiger partial charge in [-0.2, -0.15) is 0 Å². The number of unbranched alkanes of at least 4 members (excludes halogenated alkanes) is 2. The van der Waals surface area contributed by atoms with Gasteiger partial charge in [0.1, 0.15) is 0 Å². The fourth-order valence-corrected chi connectivity index (χ4v) is 7.67. The Morgan fingerprint density at radius 3 is 2.15 bits per heavy atom. The molecule has 0 amide bonds. The molecule has 7 atom stereocenters. The Balaban J connectivity index is 0.00000117. The van der Waals surface area contributed by atoms with E-state index in [1.54, 1.807) is 32.1 Å². The van der Waals surface area contributed by atoms with Gasteiger partial charge in [-0.15, -0.1) is 0 Å². The van der Waals surface area contributed by atoms with Crippen molar-refractivity contribution in [2.45, 2.75) is 126 Å². The fraction of sp³-hybridized carbons (Fsp3) is 1.00. The van der Waals surface area contributed by atoms with E-state index in [1.807, 2.05) is 13.8 Å². The van der Waals surface area contributed by atoms with E-state index in [9.17, 15) is 0 Å². The molecule has 0 aromatic heterocycles. The highest BCUT2D eigenvalue weighted by Gasteiger charge is 2.58. The zero-order valence-electron chi connectivity index (χ0n) is 19.4. The second-order valence-corrected chi connectivity index (χ2v) is 10.4. The van der Waals surface area contributed by atoms with E-state index in [2.05, 4.69) is 34.6 Å². The summed E-state index contributed by atoms with van der Waals surface area (Å²) in [5, 5.41) is 0. The zero-order chi connectivity index (χ0) is 19.4. The Hall–Kier alpha value is 0. The lowest BCUT2D eigenvalue weighted by molar-refractivity contribution is -0.0964. The average Bonchev–Trinajstić information content (AvgIpc) is 2.99. The van der Waals surface area contributed by atoms with Crippen LogP contribution >= 0.6 is 0 Å². The fourth-order valence-electron chi connectivity index (χ4n) is 7.67. The number of rotatable bonds is 6. The van der Waals surface area contributed by atoms with Gasteiger partial charge in [-0.05, 0) is 91.8 Å². The van der Waals surface area contributed by atoms with Gasteiger partial charge in [-0.3, -0.25) is 0 Å². The third-order valence-corrected chi connectivity index (χ3v) is 9.51. The minimum atomic E-state index is 0.641. The summed E-state index contributed by atoms with van der Waals surface area (Å²) in [5.74, 6) is 5.16. The van der Waals surface area contributed by atoms with Crippen LogP contribution in [0.5, 0.6) is 0 Å². The molecule has 154 valence electrons. The van der Waals surface area contributed by atoms with Crippen LogP contribution in [0.3, 0.4) is 0 Å². The van der Waals surface area contributed by atoms with Crippen molar-refractivity contribution in [3.63, 3.8) is 0 Å². The molecule has 0 bridgehead atoms. The Labute approximate surface area is 166 Å². The second-order valence-electron chi connectivity index (χ2n) is 10.4. The first-order valence-corrected chi connectivity index (χ1v) is 12.5. The molecule has 0 aromatic carbocycles. The van der Waals surface area contributed by atoms with E-state index in [4.69, 9.17) is 0 Å². The van der Waals surface area contributed by atoms with Gasteiger partial charge < -0.3 is 0 Å². The van der Waals surface area contributed by atoms with Crippen LogP contribution < -0.4 is 0 Å². The lowest BCUT2D eigenvalue weighted by atomic mass is 9.46. The first-order chi connectivity index (χ1) is 12.5. The lowest BCUT2D eigenvalue weighted by Gasteiger charge is -2.59. The molecule has 3 saturated carbocycles. The molecule has 0 aliphatic heterocycles. The number of fused-ring (bicyclic) bond motifs is 3. The van der Waals surface area contributed by atoms with E-state index in [0.717, 1.165) is 29.6 Å². The van der Waals surface area contributed by atoms with Crippen molar-refractivity contribution in [2.24, 2.45) is 40.4 Å². The molecule has 0 nitrogen and oxygen atoms in total. The Bertz CT molecular complexity index is 412. The van der Waals surface area contributed by atoms with Gasteiger partial charge in [0.15, 0.2) is 0 Å². The molecule has 0 radical (unpaired) electrons. The standard InChI is InChI=1S/C24H44.C2H6/c1-6-8-10-19-12-14-21-20-13-11-18(3)23(4,16-9-7-2)22(20)15-17-24(19,21)5;1-2/h18-22H,6-17H2,1-5H3;1-2H3. The van der Waals surface area contributed by atoms with Gasteiger partial charge in [-0.25, -0.2) is 0 Å². The summed E-state index contributed by atoms with van der Waals surface area (Å²) in [5.41, 5.74) is 1.34. The van der Waals surface area contributed by atoms with Gasteiger partial charge in [0.05, 0.1) is 0 Å². The molecule has 0 aromatic rings. The SMILES string of the molecule is CC.CCCCC1CCC2C3CCC(C)C(C)(CCCC)C3CCC12C. The highest BCUT2D eigenvalue weighted by Crippen LogP contribution is 2.66. The second kappa shape index (κ2) is 9.47. The third kappa shape index (κ3) is 3.91. The van der Waals surface area contributed by atoms with Crippen LogP contribution in [0.25, 0.3) is 0 Å². The minimum Gasteiger partial charge on any atom is -0.0683 e. The van der Waals surface area contributed by atoms with Gasteiger partial charge in [-0.1, -0.05) is 74.1 Å². The first kappa shape index (κ1) is 22.3. The molecule has 0 saturated heterocycles. The maximum Gasteiger partial charge on any atom is -0.0266 e. The van der Waals surface area contributed by atoms with Gasteiger partial charge in [0, 0.05) is 0 Å². The van der Waals surface area contributed by atoms with Crippen LogP contribution in [0.4, 0.5) is 0 Å². The highest BCUT2D eigenvalue weighted by atomic mass is 14.6. The largest absolute Gasteiger partial charge is 0.0683 e. The first-order valence-electron chi connectivity index (χ1n) is 12.5. The Kier molecular flexibility index (Phi) is 8.12. The predicted molar refractivity (Wildman–Crippen MR) is 117 cm³/mol. The van der Waals surface area contributed by atoms with Crippen molar-refractivity contribution >= 4 is 0 Å². The Morgan fingerprint density at radius 1 is 0.808 bits per heavy atom. The highest BCUT2D eigenvalue weighted by molar-refractivity contribution is 5.07. The molecule has 3 aliphatic rings. The van der Waals surface area contributed by atoms with Crippen molar-refractivity contribution in [1.29, 1.82) is 0 Å². The maximum atomic E-state index is 2.71. The molecule has 3 rings (SSSR count). The van der Waals surface area contributed by atoms with Crippen molar-refractivity contribution in [3.05, 3.63) is 0 Å². The van der Waals surface area contributed by atoms with E-state index in [0.29, 0.717) is 10.8 Å². The molecule has 3 aliphatic carbocycles. The van der Waals surface area contributed by atoms with Crippen LogP contribution in [-0.2, 0) is 0 Å². The molecule has 0 spiro atoms. The van der Waals surface area contributed by atoms with Crippen molar-refractivity contribution in [1.82, 2.24) is 0 Å².